The Morgan fingerprint density at radius 3 is 2.63 bits per heavy atom. The average molecular weight is 264 g/mol. The highest BCUT2D eigenvalue weighted by molar-refractivity contribution is 5.51. The normalized spacial score (nSPS) is 15.0. The third-order valence-electron chi connectivity index (χ3n) is 3.69. The van der Waals surface area contributed by atoms with Gasteiger partial charge in [0.15, 0.2) is 0 Å². The van der Waals surface area contributed by atoms with Gasteiger partial charge in [0.05, 0.1) is 5.69 Å². The van der Waals surface area contributed by atoms with Crippen LogP contribution in [0.15, 0.2) is 18.2 Å². The molecule has 0 radical (unpaired) electrons. The van der Waals surface area contributed by atoms with Gasteiger partial charge in [-0.25, -0.2) is 4.39 Å². The van der Waals surface area contributed by atoms with Crippen LogP contribution in [0.4, 0.5) is 10.1 Å². The second-order valence-corrected chi connectivity index (χ2v) is 5.93. The van der Waals surface area contributed by atoms with Gasteiger partial charge in [-0.15, -0.1) is 0 Å². The molecule has 0 aromatic heterocycles. The number of hydrogen-bond acceptors (Lipinski definition) is 2. The predicted octanol–water partition coefficient (Wildman–Crippen LogP) is 3.34. The average Bonchev–Trinajstić information content (AvgIpc) is 3.16. The van der Waals surface area contributed by atoms with Gasteiger partial charge in [-0.2, -0.15) is 0 Å². The minimum absolute atomic E-state index is 0.0957. The van der Waals surface area contributed by atoms with Crippen molar-refractivity contribution >= 4 is 5.69 Å². The van der Waals surface area contributed by atoms with E-state index in [4.69, 9.17) is 5.73 Å². The lowest BCUT2D eigenvalue weighted by molar-refractivity contribution is 0.558. The summed E-state index contributed by atoms with van der Waals surface area (Å²) in [4.78, 5) is 2.25. The van der Waals surface area contributed by atoms with Gasteiger partial charge in [-0.3, -0.25) is 0 Å². The SMILES string of the molecule is CC(C)CCN(c1ccc(CCN)cc1F)C1CC1. The molecule has 1 fully saturated rings. The molecular weight excluding hydrogens is 239 g/mol. The Morgan fingerprint density at radius 1 is 1.37 bits per heavy atom. The van der Waals surface area contributed by atoms with Crippen LogP contribution >= 0.6 is 0 Å². The molecule has 2 nitrogen and oxygen atoms in total. The van der Waals surface area contributed by atoms with E-state index in [-0.39, 0.29) is 5.82 Å². The van der Waals surface area contributed by atoms with E-state index in [1.807, 2.05) is 12.1 Å². The maximum absolute atomic E-state index is 14.3. The van der Waals surface area contributed by atoms with Crippen molar-refractivity contribution in [2.45, 2.75) is 45.6 Å². The highest BCUT2D eigenvalue weighted by atomic mass is 19.1. The monoisotopic (exact) mass is 264 g/mol. The molecule has 1 saturated carbocycles. The van der Waals surface area contributed by atoms with Crippen LogP contribution in [0, 0.1) is 11.7 Å². The van der Waals surface area contributed by atoms with Gasteiger partial charge in [0.1, 0.15) is 5.82 Å². The van der Waals surface area contributed by atoms with E-state index >= 15 is 0 Å². The highest BCUT2D eigenvalue weighted by Crippen LogP contribution is 2.34. The largest absolute Gasteiger partial charge is 0.366 e. The molecule has 2 N–H and O–H groups in total. The third-order valence-corrected chi connectivity index (χ3v) is 3.69. The standard InChI is InChI=1S/C16H25FN2/c1-12(2)8-10-19(14-4-5-14)16-6-3-13(7-9-18)11-15(16)17/h3,6,11-12,14H,4-5,7-10,18H2,1-2H3. The molecule has 3 heteroatoms. The first kappa shape index (κ1) is 14.3. The highest BCUT2D eigenvalue weighted by Gasteiger charge is 2.30. The van der Waals surface area contributed by atoms with Crippen molar-refractivity contribution in [1.82, 2.24) is 0 Å². The van der Waals surface area contributed by atoms with Crippen LogP contribution in [-0.4, -0.2) is 19.1 Å². The summed E-state index contributed by atoms with van der Waals surface area (Å²) in [7, 11) is 0. The molecule has 1 aromatic rings. The zero-order valence-electron chi connectivity index (χ0n) is 12.0. The molecule has 0 aliphatic heterocycles. The maximum Gasteiger partial charge on any atom is 0.146 e. The molecular formula is C16H25FN2. The molecule has 1 aliphatic rings. The van der Waals surface area contributed by atoms with Crippen LogP contribution in [0.1, 0.15) is 38.7 Å². The fraction of sp³-hybridized carbons (Fsp3) is 0.625. The molecule has 0 saturated heterocycles. The van der Waals surface area contributed by atoms with Crippen LogP contribution in [0.2, 0.25) is 0 Å². The van der Waals surface area contributed by atoms with Gasteiger partial charge in [0.25, 0.3) is 0 Å². The Kier molecular flexibility index (Phi) is 4.81. The molecule has 106 valence electrons. The van der Waals surface area contributed by atoms with Gasteiger partial charge >= 0.3 is 0 Å². The van der Waals surface area contributed by atoms with Crippen molar-refractivity contribution in [3.8, 4) is 0 Å². The first-order valence-corrected chi connectivity index (χ1v) is 7.37. The second-order valence-electron chi connectivity index (χ2n) is 5.93. The lowest BCUT2D eigenvalue weighted by Gasteiger charge is -2.26. The lowest BCUT2D eigenvalue weighted by atomic mass is 10.1. The van der Waals surface area contributed by atoms with Crippen molar-refractivity contribution < 1.29 is 4.39 Å². The van der Waals surface area contributed by atoms with Crippen molar-refractivity contribution in [3.63, 3.8) is 0 Å². The number of nitrogens with two attached hydrogens (primary N) is 1. The quantitative estimate of drug-likeness (QED) is 0.818. The van der Waals surface area contributed by atoms with Crippen molar-refractivity contribution in [1.29, 1.82) is 0 Å². The molecule has 0 spiro atoms. The summed E-state index contributed by atoms with van der Waals surface area (Å²) < 4.78 is 14.3. The summed E-state index contributed by atoms with van der Waals surface area (Å²) >= 11 is 0. The van der Waals surface area contributed by atoms with Crippen molar-refractivity contribution in [2.75, 3.05) is 18.0 Å². The summed E-state index contributed by atoms with van der Waals surface area (Å²) in [6, 6.07) is 6.13. The smallest absolute Gasteiger partial charge is 0.146 e. The fourth-order valence-corrected chi connectivity index (χ4v) is 2.39. The topological polar surface area (TPSA) is 29.3 Å². The van der Waals surface area contributed by atoms with Gasteiger partial charge < -0.3 is 10.6 Å². The number of halogens is 1. The molecule has 1 aromatic carbocycles. The van der Waals surface area contributed by atoms with E-state index in [1.165, 1.54) is 12.8 Å². The van der Waals surface area contributed by atoms with Gasteiger partial charge in [-0.1, -0.05) is 19.9 Å². The first-order chi connectivity index (χ1) is 9.11. The predicted molar refractivity (Wildman–Crippen MR) is 79.0 cm³/mol. The Balaban J connectivity index is 2.12. The third kappa shape index (κ3) is 3.93. The number of rotatable bonds is 7. The summed E-state index contributed by atoms with van der Waals surface area (Å²) in [5.41, 5.74) is 7.27. The Labute approximate surface area is 115 Å². The Hall–Kier alpha value is -1.09. The molecule has 19 heavy (non-hydrogen) atoms. The van der Waals surface area contributed by atoms with Crippen LogP contribution in [0.3, 0.4) is 0 Å². The summed E-state index contributed by atoms with van der Waals surface area (Å²) in [5, 5.41) is 0. The molecule has 1 aliphatic carbocycles. The van der Waals surface area contributed by atoms with Crippen LogP contribution in [0.25, 0.3) is 0 Å². The maximum atomic E-state index is 14.3. The molecule has 0 amide bonds. The van der Waals surface area contributed by atoms with Crippen LogP contribution in [-0.2, 0) is 6.42 Å². The molecule has 0 atom stereocenters. The van der Waals surface area contributed by atoms with E-state index in [1.54, 1.807) is 6.07 Å². The van der Waals surface area contributed by atoms with Crippen molar-refractivity contribution in [2.24, 2.45) is 11.7 Å². The Morgan fingerprint density at radius 2 is 2.11 bits per heavy atom. The van der Waals surface area contributed by atoms with Crippen LogP contribution < -0.4 is 10.6 Å². The number of anilines is 1. The summed E-state index contributed by atoms with van der Waals surface area (Å²) in [5.74, 6) is 0.558. The van der Waals surface area contributed by atoms with E-state index < -0.39 is 0 Å². The molecule has 0 unspecified atom stereocenters. The zero-order valence-corrected chi connectivity index (χ0v) is 12.0. The molecule has 2 rings (SSSR count). The minimum atomic E-state index is -0.0957. The summed E-state index contributed by atoms with van der Waals surface area (Å²) in [6.45, 7) is 5.95. The van der Waals surface area contributed by atoms with Crippen LogP contribution in [0.5, 0.6) is 0 Å². The van der Waals surface area contributed by atoms with Gasteiger partial charge in [0, 0.05) is 12.6 Å². The van der Waals surface area contributed by atoms with E-state index in [2.05, 4.69) is 18.7 Å². The van der Waals surface area contributed by atoms with Gasteiger partial charge in [-0.05, 0) is 55.8 Å². The van der Waals surface area contributed by atoms with E-state index in [0.717, 1.165) is 30.6 Å². The summed E-state index contributed by atoms with van der Waals surface area (Å²) in [6.07, 6.45) is 4.25. The fourth-order valence-electron chi connectivity index (χ4n) is 2.39. The zero-order chi connectivity index (χ0) is 13.8. The molecule has 0 bridgehead atoms. The first-order valence-electron chi connectivity index (χ1n) is 7.37. The van der Waals surface area contributed by atoms with Crippen molar-refractivity contribution in [3.05, 3.63) is 29.6 Å². The van der Waals surface area contributed by atoms with Gasteiger partial charge in [0.2, 0.25) is 0 Å². The van der Waals surface area contributed by atoms with E-state index in [9.17, 15) is 4.39 Å². The number of benzene rings is 1. The minimum Gasteiger partial charge on any atom is -0.366 e. The van der Waals surface area contributed by atoms with E-state index in [0.29, 0.717) is 18.5 Å². The number of nitrogens with zero attached hydrogens (tertiary/aromatic N) is 1. The Bertz CT molecular complexity index is 413. The number of hydrogen-bond donors (Lipinski definition) is 1. The molecule has 0 heterocycles. The lowest BCUT2D eigenvalue weighted by Crippen LogP contribution is -2.28. The second kappa shape index (κ2) is 6.38.